The van der Waals surface area contributed by atoms with E-state index < -0.39 is 6.04 Å². The smallest absolute Gasteiger partial charge is 0.137 e. The Morgan fingerprint density at radius 3 is 2.26 bits per heavy atom. The molecule has 0 heterocycles. The fourth-order valence-corrected chi connectivity index (χ4v) is 3.54. The summed E-state index contributed by atoms with van der Waals surface area (Å²) in [4.78, 5) is 11.1. The molecule has 0 bridgehead atoms. The van der Waals surface area contributed by atoms with Gasteiger partial charge in [0.15, 0.2) is 0 Å². The van der Waals surface area contributed by atoms with Crippen LogP contribution < -0.4 is 5.73 Å². The zero-order valence-corrected chi connectivity index (χ0v) is 13.9. The molecule has 2 aromatic carbocycles. The first-order chi connectivity index (χ1) is 11.2. The third kappa shape index (κ3) is 5.82. The molecule has 122 valence electrons. The van der Waals surface area contributed by atoms with Crippen LogP contribution in [0.5, 0.6) is 0 Å². The number of hydrogen-bond acceptors (Lipinski definition) is 4. The number of carbonyl (C=O) groups excluding carboxylic acids is 1. The van der Waals surface area contributed by atoms with Crippen molar-refractivity contribution >= 4 is 18.0 Å². The van der Waals surface area contributed by atoms with Gasteiger partial charge in [-0.05, 0) is 29.5 Å². The summed E-state index contributed by atoms with van der Waals surface area (Å²) in [5.74, 6) is 0.812. The molecule has 0 radical (unpaired) electrons. The van der Waals surface area contributed by atoms with Crippen LogP contribution in [0.1, 0.15) is 23.1 Å². The second kappa shape index (κ2) is 9.50. The first-order valence-electron chi connectivity index (χ1n) is 7.78. The summed E-state index contributed by atoms with van der Waals surface area (Å²) < 4.78 is 0. The molecular formula is C19H23NO2S. The number of aliphatic hydroxyl groups is 1. The monoisotopic (exact) mass is 329 g/mol. The second-order valence-electron chi connectivity index (χ2n) is 5.56. The summed E-state index contributed by atoms with van der Waals surface area (Å²) in [6.45, 7) is 0.0587. The minimum atomic E-state index is -0.444. The van der Waals surface area contributed by atoms with Crippen molar-refractivity contribution in [2.45, 2.75) is 36.5 Å². The zero-order valence-electron chi connectivity index (χ0n) is 13.1. The number of hydrogen-bond donors (Lipinski definition) is 2. The number of aldehydes is 1. The third-order valence-corrected chi connectivity index (χ3v) is 5.29. The molecule has 0 aliphatic rings. The Kier molecular flexibility index (Phi) is 7.33. The van der Waals surface area contributed by atoms with Crippen molar-refractivity contribution in [3.63, 3.8) is 0 Å². The molecule has 0 aromatic heterocycles. The van der Waals surface area contributed by atoms with Gasteiger partial charge in [-0.2, -0.15) is 11.8 Å². The summed E-state index contributed by atoms with van der Waals surface area (Å²) in [6, 6.07) is 17.7. The van der Waals surface area contributed by atoms with Crippen LogP contribution in [0.15, 0.2) is 54.6 Å². The standard InChI is InChI=1S/C19H23NO2S/c20-18(13-22)19(11-10-15-4-2-1-3-5-15)23-14-17-8-6-16(12-21)7-9-17/h1-9,13,18-19,21H,10-12,14,20H2/t18-,19+/m1/s1. The second-order valence-corrected chi connectivity index (χ2v) is 6.79. The topological polar surface area (TPSA) is 63.3 Å². The highest BCUT2D eigenvalue weighted by Crippen LogP contribution is 2.24. The van der Waals surface area contributed by atoms with E-state index in [1.54, 1.807) is 11.8 Å². The number of rotatable bonds is 9. The molecule has 3 N–H and O–H groups in total. The Morgan fingerprint density at radius 2 is 1.65 bits per heavy atom. The van der Waals surface area contributed by atoms with E-state index in [4.69, 9.17) is 10.8 Å². The van der Waals surface area contributed by atoms with Crippen LogP contribution in [0.25, 0.3) is 0 Å². The van der Waals surface area contributed by atoms with Crippen molar-refractivity contribution < 1.29 is 9.90 Å². The average molecular weight is 329 g/mol. The minimum absolute atomic E-state index is 0.0587. The van der Waals surface area contributed by atoms with Crippen LogP contribution in [0.4, 0.5) is 0 Å². The van der Waals surface area contributed by atoms with Gasteiger partial charge in [0.25, 0.3) is 0 Å². The molecule has 2 aromatic rings. The number of thioether (sulfide) groups is 1. The predicted octanol–water partition coefficient (Wildman–Crippen LogP) is 2.94. The molecule has 0 spiro atoms. The van der Waals surface area contributed by atoms with E-state index in [0.717, 1.165) is 30.4 Å². The van der Waals surface area contributed by atoms with Gasteiger partial charge in [-0.1, -0.05) is 54.6 Å². The van der Waals surface area contributed by atoms with E-state index in [9.17, 15) is 4.79 Å². The van der Waals surface area contributed by atoms with E-state index in [0.29, 0.717) is 0 Å². The van der Waals surface area contributed by atoms with Gasteiger partial charge < -0.3 is 15.6 Å². The van der Waals surface area contributed by atoms with Gasteiger partial charge in [-0.3, -0.25) is 0 Å². The van der Waals surface area contributed by atoms with E-state index in [1.807, 2.05) is 42.5 Å². The largest absolute Gasteiger partial charge is 0.392 e. The van der Waals surface area contributed by atoms with Crippen molar-refractivity contribution in [2.24, 2.45) is 5.73 Å². The lowest BCUT2D eigenvalue weighted by Gasteiger charge is -2.19. The van der Waals surface area contributed by atoms with Crippen LogP contribution in [0.2, 0.25) is 0 Å². The van der Waals surface area contributed by atoms with Gasteiger partial charge in [0.2, 0.25) is 0 Å². The van der Waals surface area contributed by atoms with Crippen molar-refractivity contribution in [3.8, 4) is 0 Å². The van der Waals surface area contributed by atoms with E-state index >= 15 is 0 Å². The number of aliphatic hydroxyl groups excluding tert-OH is 1. The third-order valence-electron chi connectivity index (χ3n) is 3.82. The van der Waals surface area contributed by atoms with E-state index in [1.165, 1.54) is 11.1 Å². The summed E-state index contributed by atoms with van der Waals surface area (Å²) in [5, 5.41) is 9.17. The Hall–Kier alpha value is -1.62. The highest BCUT2D eigenvalue weighted by molar-refractivity contribution is 7.99. The number of benzene rings is 2. The molecule has 4 heteroatoms. The highest BCUT2D eigenvalue weighted by Gasteiger charge is 2.17. The quantitative estimate of drug-likeness (QED) is 0.694. The van der Waals surface area contributed by atoms with E-state index in [-0.39, 0.29) is 11.9 Å². The van der Waals surface area contributed by atoms with Crippen LogP contribution >= 0.6 is 11.8 Å². The summed E-state index contributed by atoms with van der Waals surface area (Å²) in [7, 11) is 0. The number of carbonyl (C=O) groups is 1. The molecule has 2 atom stereocenters. The molecule has 0 aliphatic heterocycles. The molecule has 0 amide bonds. The zero-order chi connectivity index (χ0) is 16.5. The lowest BCUT2D eigenvalue weighted by atomic mass is 10.1. The molecule has 23 heavy (non-hydrogen) atoms. The normalized spacial score (nSPS) is 13.5. The molecule has 0 saturated heterocycles. The Morgan fingerprint density at radius 1 is 1.00 bits per heavy atom. The molecule has 3 nitrogen and oxygen atoms in total. The van der Waals surface area contributed by atoms with Crippen LogP contribution in [-0.2, 0) is 23.6 Å². The fraction of sp³-hybridized carbons (Fsp3) is 0.316. The van der Waals surface area contributed by atoms with Gasteiger partial charge in [-0.15, -0.1) is 0 Å². The molecule has 0 saturated carbocycles. The lowest BCUT2D eigenvalue weighted by molar-refractivity contribution is -0.108. The van der Waals surface area contributed by atoms with Crippen LogP contribution in [0, 0.1) is 0 Å². The van der Waals surface area contributed by atoms with E-state index in [2.05, 4.69) is 12.1 Å². The molecule has 0 aliphatic carbocycles. The first-order valence-corrected chi connectivity index (χ1v) is 8.83. The van der Waals surface area contributed by atoms with Crippen LogP contribution in [0.3, 0.4) is 0 Å². The fourth-order valence-electron chi connectivity index (χ4n) is 2.37. The first kappa shape index (κ1) is 17.7. The number of nitrogens with two attached hydrogens (primary N) is 1. The van der Waals surface area contributed by atoms with Crippen molar-refractivity contribution in [2.75, 3.05) is 0 Å². The summed E-state index contributed by atoms with van der Waals surface area (Å²) in [5.41, 5.74) is 9.32. The molecule has 2 rings (SSSR count). The Balaban J connectivity index is 1.91. The SMILES string of the molecule is N[C@H](C=O)[C@H](CCc1ccccc1)SCc1ccc(CO)cc1. The van der Waals surface area contributed by atoms with Crippen molar-refractivity contribution in [3.05, 3.63) is 71.3 Å². The van der Waals surface area contributed by atoms with Gasteiger partial charge in [-0.25, -0.2) is 0 Å². The maximum atomic E-state index is 11.1. The minimum Gasteiger partial charge on any atom is -0.392 e. The van der Waals surface area contributed by atoms with Crippen LogP contribution in [-0.4, -0.2) is 22.7 Å². The lowest BCUT2D eigenvalue weighted by Crippen LogP contribution is -2.34. The summed E-state index contributed by atoms with van der Waals surface area (Å²) >= 11 is 1.72. The maximum absolute atomic E-state index is 11.1. The Bertz CT molecular complexity index is 586. The van der Waals surface area contributed by atoms with Gasteiger partial charge in [0.1, 0.15) is 6.29 Å². The van der Waals surface area contributed by atoms with Gasteiger partial charge in [0, 0.05) is 11.0 Å². The van der Waals surface area contributed by atoms with Gasteiger partial charge in [0.05, 0.1) is 12.6 Å². The average Bonchev–Trinajstić information content (AvgIpc) is 2.62. The Labute approximate surface area is 141 Å². The molecular weight excluding hydrogens is 306 g/mol. The van der Waals surface area contributed by atoms with Crippen molar-refractivity contribution in [1.82, 2.24) is 0 Å². The number of aryl methyl sites for hydroxylation is 1. The van der Waals surface area contributed by atoms with Gasteiger partial charge >= 0.3 is 0 Å². The predicted molar refractivity (Wildman–Crippen MR) is 96.3 cm³/mol. The highest BCUT2D eigenvalue weighted by atomic mass is 32.2. The molecule has 0 fully saturated rings. The maximum Gasteiger partial charge on any atom is 0.137 e. The van der Waals surface area contributed by atoms with Crippen molar-refractivity contribution in [1.29, 1.82) is 0 Å². The molecule has 0 unspecified atom stereocenters. The summed E-state index contributed by atoms with van der Waals surface area (Å²) in [6.07, 6.45) is 2.64.